The molecule has 0 saturated heterocycles. The highest BCUT2D eigenvalue weighted by molar-refractivity contribution is 5.97. The van der Waals surface area contributed by atoms with E-state index in [1.54, 1.807) is 30.3 Å². The number of rotatable bonds is 3. The van der Waals surface area contributed by atoms with Gasteiger partial charge in [0, 0.05) is 12.4 Å². The number of carbonyl (C=O) groups excluding carboxylic acids is 1. The molecule has 0 spiro atoms. The number of carbonyl (C=O) groups is 1. The lowest BCUT2D eigenvalue weighted by Gasteiger charge is -2.10. The Kier molecular flexibility index (Phi) is 4.37. The van der Waals surface area contributed by atoms with Crippen molar-refractivity contribution in [3.8, 4) is 5.88 Å². The highest BCUT2D eigenvalue weighted by Crippen LogP contribution is 2.31. The topological polar surface area (TPSA) is 77.1 Å². The van der Waals surface area contributed by atoms with E-state index in [4.69, 9.17) is 0 Å². The van der Waals surface area contributed by atoms with Gasteiger partial charge in [-0.2, -0.15) is 13.2 Å². The molecular weight excluding hydrogens is 351 g/mol. The van der Waals surface area contributed by atoms with Gasteiger partial charge >= 0.3 is 11.9 Å². The van der Waals surface area contributed by atoms with Crippen LogP contribution in [0.5, 0.6) is 5.88 Å². The van der Waals surface area contributed by atoms with Crippen LogP contribution in [-0.4, -0.2) is 25.1 Å². The summed E-state index contributed by atoms with van der Waals surface area (Å²) < 4.78 is 40.5. The van der Waals surface area contributed by atoms with Gasteiger partial charge in [-0.1, -0.05) is 30.3 Å². The van der Waals surface area contributed by atoms with E-state index in [0.717, 1.165) is 23.2 Å². The molecule has 0 aliphatic heterocycles. The molecule has 0 aliphatic carbocycles. The average Bonchev–Trinajstić information content (AvgIpc) is 2.89. The number of aromatic nitrogens is 3. The van der Waals surface area contributed by atoms with Gasteiger partial charge in [0.2, 0.25) is 5.88 Å². The molecule has 0 bridgehead atoms. The van der Waals surface area contributed by atoms with Crippen molar-refractivity contribution in [2.45, 2.75) is 12.7 Å². The molecule has 3 rings (SSSR count). The molecule has 0 radical (unpaired) electrons. The maximum atomic E-state index is 13.1. The maximum absolute atomic E-state index is 13.1. The lowest BCUT2D eigenvalue weighted by molar-refractivity contribution is -0.138. The summed E-state index contributed by atoms with van der Waals surface area (Å²) in [6.07, 6.45) is -2.35. The van der Waals surface area contributed by atoms with Gasteiger partial charge in [0.15, 0.2) is 0 Å². The maximum Gasteiger partial charge on any atom is 0.417 e. The van der Waals surface area contributed by atoms with Crippen molar-refractivity contribution in [1.82, 2.24) is 14.1 Å². The summed E-state index contributed by atoms with van der Waals surface area (Å²) in [5.41, 5.74) is -2.26. The van der Waals surface area contributed by atoms with Crippen molar-refractivity contribution in [3.05, 3.63) is 82.2 Å². The number of halogens is 3. The van der Waals surface area contributed by atoms with Gasteiger partial charge in [-0.3, -0.25) is 14.3 Å². The Hall–Kier alpha value is -3.36. The van der Waals surface area contributed by atoms with Crippen LogP contribution in [0.2, 0.25) is 0 Å². The summed E-state index contributed by atoms with van der Waals surface area (Å²) in [7, 11) is 0. The fourth-order valence-corrected chi connectivity index (χ4v) is 2.47. The van der Waals surface area contributed by atoms with Crippen LogP contribution < -0.4 is 5.69 Å². The Bertz CT molecular complexity index is 1010. The summed E-state index contributed by atoms with van der Waals surface area (Å²) in [6.45, 7) is -0.0368. The quantitative estimate of drug-likeness (QED) is 0.776. The van der Waals surface area contributed by atoms with E-state index in [1.807, 2.05) is 0 Å². The molecule has 1 aromatic carbocycles. The highest BCUT2D eigenvalue weighted by Gasteiger charge is 2.36. The molecule has 6 nitrogen and oxygen atoms in total. The molecule has 26 heavy (non-hydrogen) atoms. The minimum Gasteiger partial charge on any atom is -0.493 e. The first-order valence-electron chi connectivity index (χ1n) is 7.40. The molecule has 2 aromatic heterocycles. The summed E-state index contributed by atoms with van der Waals surface area (Å²) in [6, 6.07) is 9.28. The van der Waals surface area contributed by atoms with E-state index in [-0.39, 0.29) is 6.54 Å². The second kappa shape index (κ2) is 6.51. The largest absolute Gasteiger partial charge is 0.493 e. The van der Waals surface area contributed by atoms with E-state index < -0.39 is 34.8 Å². The number of benzene rings is 1. The highest BCUT2D eigenvalue weighted by atomic mass is 19.4. The third-order valence-electron chi connectivity index (χ3n) is 3.72. The van der Waals surface area contributed by atoms with Crippen LogP contribution in [0.15, 0.2) is 59.8 Å². The van der Waals surface area contributed by atoms with Crippen molar-refractivity contribution in [2.75, 3.05) is 0 Å². The zero-order valence-corrected chi connectivity index (χ0v) is 13.1. The number of imidazole rings is 1. The van der Waals surface area contributed by atoms with Crippen LogP contribution in [0.3, 0.4) is 0 Å². The predicted molar refractivity (Wildman–Crippen MR) is 84.9 cm³/mol. The van der Waals surface area contributed by atoms with Gasteiger partial charge in [-0.05, 0) is 11.6 Å². The van der Waals surface area contributed by atoms with Gasteiger partial charge in [0.25, 0.3) is 5.91 Å². The molecule has 1 N–H and O–H groups in total. The van der Waals surface area contributed by atoms with Crippen LogP contribution in [0.4, 0.5) is 13.2 Å². The van der Waals surface area contributed by atoms with Crippen LogP contribution in [0, 0.1) is 0 Å². The zero-order valence-electron chi connectivity index (χ0n) is 13.1. The molecule has 9 heteroatoms. The van der Waals surface area contributed by atoms with Crippen molar-refractivity contribution < 1.29 is 23.1 Å². The van der Waals surface area contributed by atoms with Crippen LogP contribution in [-0.2, 0) is 12.7 Å². The molecule has 2 heterocycles. The van der Waals surface area contributed by atoms with Gasteiger partial charge in [0.1, 0.15) is 0 Å². The van der Waals surface area contributed by atoms with E-state index in [9.17, 15) is 27.9 Å². The zero-order chi connectivity index (χ0) is 18.9. The Morgan fingerprint density at radius 3 is 2.50 bits per heavy atom. The Morgan fingerprint density at radius 1 is 1.15 bits per heavy atom. The first-order valence-corrected chi connectivity index (χ1v) is 7.40. The van der Waals surface area contributed by atoms with Crippen molar-refractivity contribution in [1.29, 1.82) is 0 Å². The van der Waals surface area contributed by atoms with Crippen LogP contribution >= 0.6 is 0 Å². The van der Waals surface area contributed by atoms with Gasteiger partial charge < -0.3 is 5.11 Å². The summed E-state index contributed by atoms with van der Waals surface area (Å²) >= 11 is 0. The summed E-state index contributed by atoms with van der Waals surface area (Å²) in [5, 5.41) is 9.95. The monoisotopic (exact) mass is 363 g/mol. The Morgan fingerprint density at radius 2 is 1.85 bits per heavy atom. The minimum atomic E-state index is -4.79. The van der Waals surface area contributed by atoms with Crippen molar-refractivity contribution in [2.24, 2.45) is 0 Å². The number of nitrogens with zero attached hydrogens (tertiary/aromatic N) is 3. The van der Waals surface area contributed by atoms with E-state index in [0.29, 0.717) is 16.2 Å². The second-order valence-electron chi connectivity index (χ2n) is 5.44. The van der Waals surface area contributed by atoms with E-state index >= 15 is 0 Å². The van der Waals surface area contributed by atoms with E-state index in [2.05, 4.69) is 4.98 Å². The molecule has 0 unspecified atom stereocenters. The molecular formula is C17H12F3N3O3. The lowest BCUT2D eigenvalue weighted by Crippen LogP contribution is -2.30. The average molecular weight is 363 g/mol. The standard InChI is InChI=1S/C17H12F3N3O3/c18-17(19,20)13-6-7-21-8-12(13)15(25)23-10-14(24)22(16(23)26)9-11-4-2-1-3-5-11/h1-8,10,24H,9H2. The van der Waals surface area contributed by atoms with Crippen molar-refractivity contribution in [3.63, 3.8) is 0 Å². The predicted octanol–water partition coefficient (Wildman–Crippen LogP) is 2.51. The minimum absolute atomic E-state index is 0.0368. The number of hydrogen-bond donors (Lipinski definition) is 1. The summed E-state index contributed by atoms with van der Waals surface area (Å²) in [5.74, 6) is -1.76. The van der Waals surface area contributed by atoms with E-state index in [1.165, 1.54) is 0 Å². The number of pyridine rings is 1. The van der Waals surface area contributed by atoms with Gasteiger partial charge in [-0.15, -0.1) is 0 Å². The third kappa shape index (κ3) is 3.23. The Labute approximate surface area is 144 Å². The van der Waals surface area contributed by atoms with Crippen LogP contribution in [0.1, 0.15) is 21.5 Å². The second-order valence-corrected chi connectivity index (χ2v) is 5.44. The lowest BCUT2D eigenvalue weighted by atomic mass is 10.1. The molecule has 0 aliphatic rings. The fraction of sp³-hybridized carbons (Fsp3) is 0.118. The first-order chi connectivity index (χ1) is 12.3. The molecule has 0 amide bonds. The fourth-order valence-electron chi connectivity index (χ4n) is 2.47. The normalized spacial score (nSPS) is 11.5. The molecule has 0 fully saturated rings. The molecule has 0 saturated carbocycles. The third-order valence-corrected chi connectivity index (χ3v) is 3.72. The number of alkyl halides is 3. The first kappa shape index (κ1) is 17.5. The Balaban J connectivity index is 2.03. The van der Waals surface area contributed by atoms with Gasteiger partial charge in [0.05, 0.1) is 23.9 Å². The molecule has 0 atom stereocenters. The van der Waals surface area contributed by atoms with Crippen LogP contribution in [0.25, 0.3) is 0 Å². The van der Waals surface area contributed by atoms with Gasteiger partial charge in [-0.25, -0.2) is 9.36 Å². The smallest absolute Gasteiger partial charge is 0.417 e. The number of hydrogen-bond acceptors (Lipinski definition) is 4. The number of aromatic hydroxyl groups is 1. The summed E-state index contributed by atoms with van der Waals surface area (Å²) in [4.78, 5) is 28.4. The SMILES string of the molecule is O=C(c1cnccc1C(F)(F)F)n1cc(O)n(Cc2ccccc2)c1=O. The molecule has 134 valence electrons. The van der Waals surface area contributed by atoms with Crippen molar-refractivity contribution >= 4 is 5.91 Å². The molecule has 3 aromatic rings.